The van der Waals surface area contributed by atoms with E-state index >= 15 is 0 Å². The fraction of sp³-hybridized carbons (Fsp3) is 0.308. The van der Waals surface area contributed by atoms with Gasteiger partial charge >= 0.3 is 6.03 Å². The Kier molecular flexibility index (Phi) is 5.08. The zero-order chi connectivity index (χ0) is 15.3. The van der Waals surface area contributed by atoms with E-state index in [-0.39, 0.29) is 0 Å². The summed E-state index contributed by atoms with van der Waals surface area (Å²) in [5, 5.41) is 13.9. The zero-order valence-corrected chi connectivity index (χ0v) is 11.5. The van der Waals surface area contributed by atoms with Crippen molar-refractivity contribution in [1.29, 1.82) is 0 Å². The van der Waals surface area contributed by atoms with Gasteiger partial charge in [0.05, 0.1) is 5.71 Å². The summed E-state index contributed by atoms with van der Waals surface area (Å²) in [6.07, 6.45) is -0.921. The van der Waals surface area contributed by atoms with Gasteiger partial charge in [-0.2, -0.15) is 0 Å². The van der Waals surface area contributed by atoms with E-state index in [4.69, 9.17) is 15.7 Å². The molecule has 0 spiro atoms. The number of hydrogen-bond donors (Lipinski definition) is 3. The average Bonchev–Trinajstić information content (AvgIpc) is 2.38. The fourth-order valence-corrected chi connectivity index (χ4v) is 1.55. The number of primary amides is 1. The Bertz CT molecular complexity index is 555. The highest BCUT2D eigenvalue weighted by Gasteiger charge is 2.18. The van der Waals surface area contributed by atoms with Crippen LogP contribution in [0.5, 0.6) is 5.75 Å². The van der Waals surface area contributed by atoms with Crippen LogP contribution in [-0.4, -0.2) is 29.0 Å². The number of nitrogens with zero attached hydrogens (tertiary/aromatic N) is 1. The van der Waals surface area contributed by atoms with Crippen LogP contribution >= 0.6 is 0 Å². The largest absolute Gasteiger partial charge is 0.480 e. The number of hydrogen-bond acceptors (Lipinski definition) is 5. The van der Waals surface area contributed by atoms with E-state index in [9.17, 15) is 9.59 Å². The first-order valence-corrected chi connectivity index (χ1v) is 5.91. The maximum atomic E-state index is 11.6. The summed E-state index contributed by atoms with van der Waals surface area (Å²) in [6, 6.07) is 4.28. The molecule has 0 aliphatic carbocycles. The van der Waals surface area contributed by atoms with Crippen molar-refractivity contribution in [2.75, 3.05) is 0 Å². The van der Waals surface area contributed by atoms with Crippen LogP contribution in [0.15, 0.2) is 23.4 Å². The number of urea groups is 1. The summed E-state index contributed by atoms with van der Waals surface area (Å²) in [4.78, 5) is 22.2. The lowest BCUT2D eigenvalue weighted by atomic mass is 10.1. The van der Waals surface area contributed by atoms with Crippen molar-refractivity contribution in [3.05, 3.63) is 29.3 Å². The highest BCUT2D eigenvalue weighted by atomic mass is 16.5. The molecule has 3 amide bonds. The van der Waals surface area contributed by atoms with E-state index in [0.29, 0.717) is 17.0 Å². The molecule has 0 aromatic heterocycles. The Morgan fingerprint density at radius 2 is 2.10 bits per heavy atom. The van der Waals surface area contributed by atoms with E-state index in [1.54, 1.807) is 25.1 Å². The lowest BCUT2D eigenvalue weighted by Crippen LogP contribution is -2.42. The molecular formula is C13H17N3O4. The summed E-state index contributed by atoms with van der Waals surface area (Å²) in [5.41, 5.74) is 6.73. The minimum absolute atomic E-state index is 0.353. The number of carbonyl (C=O) groups excluding carboxylic acids is 2. The quantitative estimate of drug-likeness (QED) is 0.436. The van der Waals surface area contributed by atoms with E-state index in [1.807, 2.05) is 12.2 Å². The molecule has 0 bridgehead atoms. The predicted molar refractivity (Wildman–Crippen MR) is 73.0 cm³/mol. The number of rotatable bonds is 4. The molecule has 1 atom stereocenters. The van der Waals surface area contributed by atoms with Gasteiger partial charge in [0.15, 0.2) is 6.10 Å². The summed E-state index contributed by atoms with van der Waals surface area (Å²) in [6.45, 7) is 4.96. The second-order valence-corrected chi connectivity index (χ2v) is 4.30. The predicted octanol–water partition coefficient (Wildman–Crippen LogP) is 1.16. The lowest BCUT2D eigenvalue weighted by molar-refractivity contribution is -0.126. The third-order valence-corrected chi connectivity index (χ3v) is 2.59. The molecular weight excluding hydrogens is 262 g/mol. The Balaban J connectivity index is 2.97. The molecule has 108 valence electrons. The third-order valence-electron chi connectivity index (χ3n) is 2.59. The van der Waals surface area contributed by atoms with Gasteiger partial charge in [-0.3, -0.25) is 10.1 Å². The zero-order valence-electron chi connectivity index (χ0n) is 11.5. The van der Waals surface area contributed by atoms with Gasteiger partial charge in [0.2, 0.25) is 0 Å². The average molecular weight is 279 g/mol. The summed E-state index contributed by atoms with van der Waals surface area (Å²) in [5.74, 6) is -0.277. The number of benzene rings is 1. The number of amides is 3. The first kappa shape index (κ1) is 15.5. The van der Waals surface area contributed by atoms with Crippen LogP contribution in [0.4, 0.5) is 4.79 Å². The lowest BCUT2D eigenvalue weighted by Gasteiger charge is -2.16. The van der Waals surface area contributed by atoms with Crippen LogP contribution in [0.3, 0.4) is 0 Å². The maximum Gasteiger partial charge on any atom is 0.318 e. The standard InChI is InChI=1S/C13H17N3O4/c1-7-4-5-11(10(6-7)8(2)16-19)20-9(3)12(17)15-13(14)18/h4-6,9,19H,1-3H3,(H3,14,15,17,18)/b16-8+. The van der Waals surface area contributed by atoms with Crippen molar-refractivity contribution in [2.24, 2.45) is 10.9 Å². The summed E-state index contributed by atoms with van der Waals surface area (Å²) < 4.78 is 5.47. The molecule has 1 unspecified atom stereocenters. The van der Waals surface area contributed by atoms with Gasteiger partial charge in [-0.05, 0) is 32.9 Å². The van der Waals surface area contributed by atoms with Gasteiger partial charge in [0, 0.05) is 5.56 Å². The topological polar surface area (TPSA) is 114 Å². The van der Waals surface area contributed by atoms with Crippen molar-refractivity contribution >= 4 is 17.6 Å². The SMILES string of the molecule is C/C(=N\O)c1cc(C)ccc1OC(C)C(=O)NC(N)=O. The number of oxime groups is 1. The van der Waals surface area contributed by atoms with Gasteiger partial charge in [-0.1, -0.05) is 16.8 Å². The van der Waals surface area contributed by atoms with E-state index in [2.05, 4.69) is 5.16 Å². The molecule has 7 heteroatoms. The Morgan fingerprint density at radius 1 is 1.45 bits per heavy atom. The summed E-state index contributed by atoms with van der Waals surface area (Å²) in [7, 11) is 0. The molecule has 0 saturated carbocycles. The molecule has 0 aliphatic heterocycles. The molecule has 0 radical (unpaired) electrons. The number of carbonyl (C=O) groups is 2. The molecule has 7 nitrogen and oxygen atoms in total. The number of ether oxygens (including phenoxy) is 1. The van der Waals surface area contributed by atoms with Crippen LogP contribution in [0.25, 0.3) is 0 Å². The normalized spacial score (nSPS) is 12.7. The maximum absolute atomic E-state index is 11.6. The van der Waals surface area contributed by atoms with E-state index in [1.165, 1.54) is 6.92 Å². The number of nitrogens with two attached hydrogens (primary N) is 1. The van der Waals surface area contributed by atoms with Gasteiger partial charge in [0.25, 0.3) is 5.91 Å². The Labute approximate surface area is 116 Å². The number of aryl methyl sites for hydroxylation is 1. The number of nitrogens with one attached hydrogen (secondary N) is 1. The van der Waals surface area contributed by atoms with Gasteiger partial charge in [0.1, 0.15) is 5.75 Å². The second-order valence-electron chi connectivity index (χ2n) is 4.30. The number of imide groups is 1. The van der Waals surface area contributed by atoms with E-state index < -0.39 is 18.0 Å². The van der Waals surface area contributed by atoms with Crippen LogP contribution in [0.2, 0.25) is 0 Å². The molecule has 4 N–H and O–H groups in total. The Hall–Kier alpha value is -2.57. The van der Waals surface area contributed by atoms with Crippen molar-refractivity contribution < 1.29 is 19.5 Å². The van der Waals surface area contributed by atoms with Crippen LogP contribution in [-0.2, 0) is 4.79 Å². The second kappa shape index (κ2) is 6.55. The molecule has 20 heavy (non-hydrogen) atoms. The highest BCUT2D eigenvalue weighted by Crippen LogP contribution is 2.22. The first-order valence-electron chi connectivity index (χ1n) is 5.91. The van der Waals surface area contributed by atoms with Crippen molar-refractivity contribution in [2.45, 2.75) is 26.9 Å². The van der Waals surface area contributed by atoms with Gasteiger partial charge in [-0.15, -0.1) is 0 Å². The Morgan fingerprint density at radius 3 is 2.65 bits per heavy atom. The molecule has 0 heterocycles. The summed E-state index contributed by atoms with van der Waals surface area (Å²) >= 11 is 0. The molecule has 0 saturated heterocycles. The molecule has 0 aliphatic rings. The monoisotopic (exact) mass is 279 g/mol. The van der Waals surface area contributed by atoms with Crippen LogP contribution in [0, 0.1) is 6.92 Å². The van der Waals surface area contributed by atoms with Crippen molar-refractivity contribution in [3.63, 3.8) is 0 Å². The molecule has 1 aromatic carbocycles. The van der Waals surface area contributed by atoms with Crippen LogP contribution < -0.4 is 15.8 Å². The van der Waals surface area contributed by atoms with Gasteiger partial charge < -0.3 is 15.7 Å². The fourth-order valence-electron chi connectivity index (χ4n) is 1.55. The van der Waals surface area contributed by atoms with Crippen molar-refractivity contribution in [3.8, 4) is 5.75 Å². The van der Waals surface area contributed by atoms with Gasteiger partial charge in [-0.25, -0.2) is 4.79 Å². The van der Waals surface area contributed by atoms with Crippen molar-refractivity contribution in [1.82, 2.24) is 5.32 Å². The molecule has 0 fully saturated rings. The first-order chi connectivity index (χ1) is 9.35. The van der Waals surface area contributed by atoms with Crippen LogP contribution in [0.1, 0.15) is 25.0 Å². The third kappa shape index (κ3) is 3.98. The smallest absolute Gasteiger partial charge is 0.318 e. The minimum Gasteiger partial charge on any atom is -0.480 e. The highest BCUT2D eigenvalue weighted by molar-refractivity contribution is 6.01. The molecule has 1 rings (SSSR count). The minimum atomic E-state index is -0.942. The molecule has 1 aromatic rings. The van der Waals surface area contributed by atoms with E-state index in [0.717, 1.165) is 5.56 Å².